The Morgan fingerprint density at radius 1 is 1.23 bits per heavy atom. The van der Waals surface area contributed by atoms with Crippen molar-refractivity contribution in [3.63, 3.8) is 0 Å². The molecule has 72 valence electrons. The van der Waals surface area contributed by atoms with Crippen molar-refractivity contribution in [1.82, 2.24) is 5.34 Å². The van der Waals surface area contributed by atoms with E-state index < -0.39 is 17.5 Å². The topological polar surface area (TPSA) is 23.5 Å². The number of halogens is 2. The fourth-order valence-corrected chi connectivity index (χ4v) is 1.04. The van der Waals surface area contributed by atoms with Crippen LogP contribution in [-0.2, 0) is 0 Å². The van der Waals surface area contributed by atoms with Crippen LogP contribution in [0.1, 0.15) is 18.6 Å². The number of aliphatic hydroxyl groups is 1. The lowest BCUT2D eigenvalue weighted by Gasteiger charge is -2.18. The highest BCUT2D eigenvalue weighted by molar-refractivity contribution is 5.18. The second kappa shape index (κ2) is 4.30. The number of hydrogen-bond acceptors (Lipinski definition) is 2. The zero-order chi connectivity index (χ0) is 9.84. The summed E-state index contributed by atoms with van der Waals surface area (Å²) in [6.07, 6.45) is -1.16. The molecule has 0 amide bonds. The average Bonchev–Trinajstić information content (AvgIpc) is 2.17. The second-order valence-electron chi connectivity index (χ2n) is 2.86. The molecular formula is C9H11F2NO. The Morgan fingerprint density at radius 2 is 1.77 bits per heavy atom. The maximum absolute atomic E-state index is 12.0. The molecule has 0 unspecified atom stereocenters. The van der Waals surface area contributed by atoms with Gasteiger partial charge in [0.15, 0.2) is 0 Å². The molecule has 0 aliphatic carbocycles. The van der Waals surface area contributed by atoms with E-state index in [-0.39, 0.29) is 0 Å². The van der Waals surface area contributed by atoms with Crippen LogP contribution in [0.25, 0.3) is 0 Å². The molecule has 4 heteroatoms. The third-order valence-electron chi connectivity index (χ3n) is 1.91. The molecule has 1 rings (SSSR count). The van der Waals surface area contributed by atoms with Gasteiger partial charge in [-0.1, -0.05) is 30.3 Å². The molecule has 0 aliphatic rings. The van der Waals surface area contributed by atoms with E-state index in [0.717, 1.165) is 0 Å². The maximum Gasteiger partial charge on any atom is 0.100 e. The van der Waals surface area contributed by atoms with Gasteiger partial charge in [0.2, 0.25) is 0 Å². The molecule has 13 heavy (non-hydrogen) atoms. The summed E-state index contributed by atoms with van der Waals surface area (Å²) in [4.78, 5) is 0. The van der Waals surface area contributed by atoms with E-state index in [9.17, 15) is 14.1 Å². The standard InChI is InChI=1S/C9H11F2NO/c1-7(12(10)11)9(13)8-5-3-2-4-6-8/h2-7,9,13H,1H3/t7-,9-/m0/s1. The molecule has 0 bridgehead atoms. The first-order valence-electron chi connectivity index (χ1n) is 3.96. The van der Waals surface area contributed by atoms with Crippen molar-refractivity contribution in [2.45, 2.75) is 19.1 Å². The molecule has 1 aromatic rings. The Bertz CT molecular complexity index is 253. The number of rotatable bonds is 3. The van der Waals surface area contributed by atoms with Crippen molar-refractivity contribution in [3.05, 3.63) is 35.9 Å². The molecule has 0 saturated carbocycles. The van der Waals surface area contributed by atoms with Gasteiger partial charge in [0, 0.05) is 5.34 Å². The third kappa shape index (κ3) is 2.47. The fourth-order valence-electron chi connectivity index (χ4n) is 1.04. The van der Waals surface area contributed by atoms with Crippen LogP contribution in [0.2, 0.25) is 0 Å². The first kappa shape index (κ1) is 10.1. The van der Waals surface area contributed by atoms with Crippen molar-refractivity contribution >= 4 is 0 Å². The predicted molar refractivity (Wildman–Crippen MR) is 44.9 cm³/mol. The summed E-state index contributed by atoms with van der Waals surface area (Å²) < 4.78 is 24.1. The summed E-state index contributed by atoms with van der Waals surface area (Å²) >= 11 is 0. The van der Waals surface area contributed by atoms with Gasteiger partial charge in [-0.25, -0.2) is 0 Å². The molecule has 0 heterocycles. The Labute approximate surface area is 75.3 Å². The Balaban J connectivity index is 2.73. The van der Waals surface area contributed by atoms with Crippen molar-refractivity contribution in [2.75, 3.05) is 0 Å². The highest BCUT2D eigenvalue weighted by Crippen LogP contribution is 2.20. The highest BCUT2D eigenvalue weighted by atomic mass is 19.4. The van der Waals surface area contributed by atoms with E-state index in [0.29, 0.717) is 5.56 Å². The van der Waals surface area contributed by atoms with Crippen LogP contribution in [0.5, 0.6) is 0 Å². The summed E-state index contributed by atoms with van der Waals surface area (Å²) in [5.41, 5.74) is 0.496. The van der Waals surface area contributed by atoms with Gasteiger partial charge in [0.25, 0.3) is 0 Å². The molecule has 0 aromatic heterocycles. The average molecular weight is 187 g/mol. The molecule has 0 fully saturated rings. The number of aliphatic hydroxyl groups excluding tert-OH is 1. The van der Waals surface area contributed by atoms with Crippen molar-refractivity contribution in [1.29, 1.82) is 0 Å². The van der Waals surface area contributed by atoms with Crippen LogP contribution < -0.4 is 0 Å². The lowest BCUT2D eigenvalue weighted by Crippen LogP contribution is -2.25. The first-order chi connectivity index (χ1) is 6.13. The van der Waals surface area contributed by atoms with Crippen LogP contribution in [0, 0.1) is 0 Å². The summed E-state index contributed by atoms with van der Waals surface area (Å²) in [6.45, 7) is 1.26. The summed E-state index contributed by atoms with van der Waals surface area (Å²) in [7, 11) is 0. The normalized spacial score (nSPS) is 15.8. The molecule has 0 saturated heterocycles. The fraction of sp³-hybridized carbons (Fsp3) is 0.333. The third-order valence-corrected chi connectivity index (χ3v) is 1.91. The van der Waals surface area contributed by atoms with Gasteiger partial charge in [-0.2, -0.15) is 0 Å². The second-order valence-corrected chi connectivity index (χ2v) is 2.86. The number of nitrogens with zero attached hydrogens (tertiary/aromatic N) is 1. The number of hydrogen-bond donors (Lipinski definition) is 1. The van der Waals surface area contributed by atoms with Crippen molar-refractivity contribution in [2.24, 2.45) is 0 Å². The minimum Gasteiger partial charge on any atom is -0.387 e. The summed E-state index contributed by atoms with van der Waals surface area (Å²) in [5, 5.41) is 8.45. The van der Waals surface area contributed by atoms with Gasteiger partial charge >= 0.3 is 0 Å². The SMILES string of the molecule is C[C@@H]([C@H](O)c1ccccc1)N(F)F. The van der Waals surface area contributed by atoms with Gasteiger partial charge in [0.1, 0.15) is 6.04 Å². The smallest absolute Gasteiger partial charge is 0.100 e. The molecular weight excluding hydrogens is 176 g/mol. The monoisotopic (exact) mass is 187 g/mol. The zero-order valence-corrected chi connectivity index (χ0v) is 7.19. The summed E-state index contributed by atoms with van der Waals surface area (Å²) in [6, 6.07) is 7.21. The quantitative estimate of drug-likeness (QED) is 0.733. The molecule has 2 nitrogen and oxygen atoms in total. The van der Waals surface area contributed by atoms with E-state index in [1.807, 2.05) is 0 Å². The van der Waals surface area contributed by atoms with E-state index in [1.165, 1.54) is 6.92 Å². The van der Waals surface area contributed by atoms with Gasteiger partial charge in [-0.15, -0.1) is 8.96 Å². The first-order valence-corrected chi connectivity index (χ1v) is 3.96. The maximum atomic E-state index is 12.0. The number of benzene rings is 1. The Hall–Kier alpha value is -1.00. The molecule has 1 aromatic carbocycles. The Morgan fingerprint density at radius 3 is 2.23 bits per heavy atom. The minimum absolute atomic E-state index is 0.496. The van der Waals surface area contributed by atoms with Gasteiger partial charge in [-0.3, -0.25) is 0 Å². The van der Waals surface area contributed by atoms with Crippen molar-refractivity contribution in [3.8, 4) is 0 Å². The van der Waals surface area contributed by atoms with Crippen molar-refractivity contribution < 1.29 is 14.1 Å². The molecule has 0 spiro atoms. The van der Waals surface area contributed by atoms with E-state index in [2.05, 4.69) is 0 Å². The van der Waals surface area contributed by atoms with Gasteiger partial charge in [-0.05, 0) is 12.5 Å². The largest absolute Gasteiger partial charge is 0.387 e. The van der Waals surface area contributed by atoms with Crippen LogP contribution in [-0.4, -0.2) is 16.5 Å². The zero-order valence-electron chi connectivity index (χ0n) is 7.19. The highest BCUT2D eigenvalue weighted by Gasteiger charge is 2.22. The van der Waals surface area contributed by atoms with Crippen LogP contribution in [0.4, 0.5) is 8.96 Å². The lowest BCUT2D eigenvalue weighted by molar-refractivity contribution is -0.205. The lowest BCUT2D eigenvalue weighted by atomic mass is 10.0. The van der Waals surface area contributed by atoms with Crippen LogP contribution in [0.3, 0.4) is 0 Å². The van der Waals surface area contributed by atoms with Gasteiger partial charge in [0.05, 0.1) is 6.10 Å². The van der Waals surface area contributed by atoms with E-state index >= 15 is 0 Å². The van der Waals surface area contributed by atoms with Crippen LogP contribution in [0.15, 0.2) is 30.3 Å². The van der Waals surface area contributed by atoms with Gasteiger partial charge < -0.3 is 5.11 Å². The minimum atomic E-state index is -1.19. The van der Waals surface area contributed by atoms with Crippen LogP contribution >= 0.6 is 0 Å². The molecule has 0 radical (unpaired) electrons. The van der Waals surface area contributed by atoms with E-state index in [4.69, 9.17) is 0 Å². The predicted octanol–water partition coefficient (Wildman–Crippen LogP) is 2.18. The molecule has 0 aliphatic heterocycles. The summed E-state index contributed by atoms with van der Waals surface area (Å²) in [5.74, 6) is 0. The molecule has 2 atom stereocenters. The van der Waals surface area contributed by atoms with E-state index in [1.54, 1.807) is 30.3 Å². The Kier molecular flexibility index (Phi) is 3.33. The molecule has 1 N–H and O–H groups in total.